The summed E-state index contributed by atoms with van der Waals surface area (Å²) >= 11 is 8.00. The fraction of sp³-hybridized carbons (Fsp3) is 0.571. The first-order chi connectivity index (χ1) is 8.19. The molecule has 1 aromatic carbocycles. The van der Waals surface area contributed by atoms with Crippen molar-refractivity contribution in [2.24, 2.45) is 5.92 Å². The predicted molar refractivity (Wildman–Crippen MR) is 77.8 cm³/mol. The normalized spacial score (nSPS) is 24.8. The molecule has 1 aliphatic carbocycles. The number of halogens is 1. The molecule has 0 radical (unpaired) electrons. The van der Waals surface area contributed by atoms with E-state index in [0.29, 0.717) is 10.7 Å². The van der Waals surface area contributed by atoms with Gasteiger partial charge in [-0.2, -0.15) is 0 Å². The Morgan fingerprint density at radius 1 is 1.29 bits per heavy atom. The lowest BCUT2D eigenvalue weighted by Gasteiger charge is -2.27. The molecule has 2 rings (SSSR count). The fourth-order valence-electron chi connectivity index (χ4n) is 2.43. The summed E-state index contributed by atoms with van der Waals surface area (Å²) in [6.07, 6.45) is 6.79. The number of thioether (sulfide) groups is 1. The molecule has 0 saturated heterocycles. The van der Waals surface area contributed by atoms with Crippen molar-refractivity contribution < 1.29 is 0 Å². The van der Waals surface area contributed by atoms with Crippen LogP contribution in [-0.2, 0) is 0 Å². The van der Waals surface area contributed by atoms with Gasteiger partial charge in [0.25, 0.3) is 0 Å². The molecule has 3 heteroatoms. The van der Waals surface area contributed by atoms with E-state index in [-0.39, 0.29) is 0 Å². The van der Waals surface area contributed by atoms with Crippen LogP contribution in [0.15, 0.2) is 23.1 Å². The topological polar surface area (TPSA) is 26.0 Å². The molecule has 1 aliphatic rings. The number of nitrogen functional groups attached to an aromatic ring is 1. The first-order valence-electron chi connectivity index (χ1n) is 6.40. The number of benzene rings is 1. The Kier molecular flexibility index (Phi) is 4.63. The molecule has 0 aliphatic heterocycles. The predicted octanol–water partition coefficient (Wildman–Crippen LogP) is 4.98. The van der Waals surface area contributed by atoms with Gasteiger partial charge in [0, 0.05) is 10.1 Å². The Hall–Kier alpha value is -0.340. The van der Waals surface area contributed by atoms with Gasteiger partial charge in [-0.1, -0.05) is 24.9 Å². The molecule has 94 valence electrons. The van der Waals surface area contributed by atoms with E-state index in [0.717, 1.165) is 11.2 Å². The van der Waals surface area contributed by atoms with Gasteiger partial charge in [0.05, 0.1) is 10.7 Å². The lowest BCUT2D eigenvalue weighted by molar-refractivity contribution is 0.356. The molecule has 1 aromatic rings. The van der Waals surface area contributed by atoms with E-state index in [1.54, 1.807) is 0 Å². The van der Waals surface area contributed by atoms with Crippen LogP contribution in [-0.4, -0.2) is 5.25 Å². The van der Waals surface area contributed by atoms with E-state index >= 15 is 0 Å². The summed E-state index contributed by atoms with van der Waals surface area (Å²) in [5.74, 6) is 0.960. The van der Waals surface area contributed by atoms with E-state index in [1.807, 2.05) is 23.9 Å². The molecule has 0 amide bonds. The molecular weight excluding hydrogens is 250 g/mol. The van der Waals surface area contributed by atoms with Gasteiger partial charge in [-0.05, 0) is 49.8 Å². The number of rotatable bonds is 3. The van der Waals surface area contributed by atoms with E-state index in [1.165, 1.54) is 37.0 Å². The monoisotopic (exact) mass is 269 g/mol. The van der Waals surface area contributed by atoms with Crippen molar-refractivity contribution in [1.29, 1.82) is 0 Å². The molecule has 0 unspecified atom stereocenters. The smallest absolute Gasteiger partial charge is 0.0646 e. The second kappa shape index (κ2) is 6.01. The van der Waals surface area contributed by atoms with Crippen LogP contribution in [0.25, 0.3) is 0 Å². The summed E-state index contributed by atoms with van der Waals surface area (Å²) in [6, 6.07) is 5.98. The van der Waals surface area contributed by atoms with Gasteiger partial charge >= 0.3 is 0 Å². The van der Waals surface area contributed by atoms with Gasteiger partial charge in [0.15, 0.2) is 0 Å². The summed E-state index contributed by atoms with van der Waals surface area (Å²) in [4.78, 5) is 1.25. The summed E-state index contributed by atoms with van der Waals surface area (Å²) in [5, 5.41) is 1.44. The lowest BCUT2D eigenvalue weighted by atomic mass is 9.87. The summed E-state index contributed by atoms with van der Waals surface area (Å²) < 4.78 is 0. The van der Waals surface area contributed by atoms with Crippen molar-refractivity contribution in [2.75, 3.05) is 5.73 Å². The van der Waals surface area contributed by atoms with Gasteiger partial charge in [0.2, 0.25) is 0 Å². The van der Waals surface area contributed by atoms with Crippen molar-refractivity contribution in [1.82, 2.24) is 0 Å². The lowest BCUT2D eigenvalue weighted by Crippen LogP contribution is -2.15. The van der Waals surface area contributed by atoms with Crippen molar-refractivity contribution in [3.05, 3.63) is 23.2 Å². The maximum absolute atomic E-state index is 6.04. The maximum atomic E-state index is 6.04. The van der Waals surface area contributed by atoms with E-state index < -0.39 is 0 Å². The van der Waals surface area contributed by atoms with Crippen molar-refractivity contribution in [2.45, 2.75) is 49.2 Å². The van der Waals surface area contributed by atoms with E-state index in [9.17, 15) is 0 Å². The van der Waals surface area contributed by atoms with Crippen molar-refractivity contribution in [3.8, 4) is 0 Å². The molecule has 1 saturated carbocycles. The first-order valence-corrected chi connectivity index (χ1v) is 7.66. The molecule has 0 heterocycles. The molecule has 1 nitrogen and oxygen atoms in total. The van der Waals surface area contributed by atoms with Crippen LogP contribution >= 0.6 is 23.4 Å². The zero-order valence-electron chi connectivity index (χ0n) is 10.3. The molecule has 0 bridgehead atoms. The second-order valence-electron chi connectivity index (χ2n) is 4.85. The van der Waals surface area contributed by atoms with Crippen molar-refractivity contribution >= 4 is 29.1 Å². The van der Waals surface area contributed by atoms with Crippen LogP contribution in [0.5, 0.6) is 0 Å². The summed E-state index contributed by atoms with van der Waals surface area (Å²) in [7, 11) is 0. The Balaban J connectivity index is 1.91. The number of hydrogen-bond acceptors (Lipinski definition) is 2. The van der Waals surface area contributed by atoms with Gasteiger partial charge in [-0.3, -0.25) is 0 Å². The molecule has 0 aromatic heterocycles. The summed E-state index contributed by atoms with van der Waals surface area (Å²) in [6.45, 7) is 2.30. The minimum Gasteiger partial charge on any atom is -0.398 e. The fourth-order valence-corrected chi connectivity index (χ4v) is 3.90. The Bertz CT molecular complexity index is 372. The maximum Gasteiger partial charge on any atom is 0.0646 e. The quantitative estimate of drug-likeness (QED) is 0.783. The molecule has 0 atom stereocenters. The highest BCUT2D eigenvalue weighted by Gasteiger charge is 2.20. The van der Waals surface area contributed by atoms with E-state index in [4.69, 9.17) is 17.3 Å². The average Bonchev–Trinajstić information content (AvgIpc) is 2.35. The number of anilines is 1. The Morgan fingerprint density at radius 3 is 2.59 bits per heavy atom. The van der Waals surface area contributed by atoms with Gasteiger partial charge in [0.1, 0.15) is 0 Å². The Morgan fingerprint density at radius 2 is 2.00 bits per heavy atom. The third-order valence-electron chi connectivity index (χ3n) is 3.65. The zero-order chi connectivity index (χ0) is 12.3. The van der Waals surface area contributed by atoms with Crippen LogP contribution < -0.4 is 5.73 Å². The first kappa shape index (κ1) is 13.1. The standard InChI is InChI=1S/C14H20ClNS/c1-2-10-3-5-11(6-4-10)17-12-7-8-14(16)13(15)9-12/h7-11H,2-6,16H2,1H3. The highest BCUT2D eigenvalue weighted by atomic mass is 35.5. The van der Waals surface area contributed by atoms with Crippen LogP contribution in [0.2, 0.25) is 5.02 Å². The highest BCUT2D eigenvalue weighted by Crippen LogP contribution is 2.38. The molecule has 17 heavy (non-hydrogen) atoms. The SMILES string of the molecule is CCC1CCC(Sc2ccc(N)c(Cl)c2)CC1. The molecular formula is C14H20ClNS. The number of nitrogens with two attached hydrogens (primary N) is 1. The van der Waals surface area contributed by atoms with Crippen LogP contribution in [0, 0.1) is 5.92 Å². The van der Waals surface area contributed by atoms with Gasteiger partial charge < -0.3 is 5.73 Å². The summed E-state index contributed by atoms with van der Waals surface area (Å²) in [5.41, 5.74) is 6.39. The van der Waals surface area contributed by atoms with Crippen molar-refractivity contribution in [3.63, 3.8) is 0 Å². The van der Waals surface area contributed by atoms with Gasteiger partial charge in [-0.15, -0.1) is 11.8 Å². The van der Waals surface area contributed by atoms with Crippen LogP contribution in [0.1, 0.15) is 39.0 Å². The van der Waals surface area contributed by atoms with Crippen LogP contribution in [0.3, 0.4) is 0 Å². The molecule has 2 N–H and O–H groups in total. The average molecular weight is 270 g/mol. The highest BCUT2D eigenvalue weighted by molar-refractivity contribution is 8.00. The third-order valence-corrected chi connectivity index (χ3v) is 5.30. The van der Waals surface area contributed by atoms with E-state index in [2.05, 4.69) is 13.0 Å². The minimum absolute atomic E-state index is 0.672. The minimum atomic E-state index is 0.672. The molecule has 0 spiro atoms. The largest absolute Gasteiger partial charge is 0.398 e. The molecule has 1 fully saturated rings. The third kappa shape index (κ3) is 3.56. The number of hydrogen-bond donors (Lipinski definition) is 1. The van der Waals surface area contributed by atoms with Crippen LogP contribution in [0.4, 0.5) is 5.69 Å². The zero-order valence-corrected chi connectivity index (χ0v) is 11.9. The Labute approximate surface area is 113 Å². The second-order valence-corrected chi connectivity index (χ2v) is 6.63. The van der Waals surface area contributed by atoms with Gasteiger partial charge in [-0.25, -0.2) is 0 Å².